The first-order chi connectivity index (χ1) is 9.88. The highest BCUT2D eigenvalue weighted by Crippen LogP contribution is 2.17. The average Bonchev–Trinajstić information content (AvgIpc) is 2.41. The van der Waals surface area contributed by atoms with Gasteiger partial charge in [-0.05, 0) is 38.0 Å². The Bertz CT molecular complexity index is 803. The normalized spacial score (nSPS) is 10.4. The molecule has 0 unspecified atom stereocenters. The minimum absolute atomic E-state index is 0.149. The zero-order valence-corrected chi connectivity index (χ0v) is 12.2. The molecule has 0 atom stereocenters. The molecule has 1 heterocycles. The van der Waals surface area contributed by atoms with E-state index in [1.807, 2.05) is 26.0 Å². The number of nitrogens with one attached hydrogen (secondary N) is 2. The highest BCUT2D eigenvalue weighted by molar-refractivity contribution is 5.91. The molecule has 0 aliphatic carbocycles. The Labute approximate surface area is 121 Å². The topological polar surface area (TPSA) is 84.0 Å². The fourth-order valence-corrected chi connectivity index (χ4v) is 1.97. The molecular weight excluding hydrogens is 270 g/mol. The number of aromatic nitrogens is 2. The number of hydrogen-bond donors (Lipinski definition) is 2. The fraction of sp³-hybridized carbons (Fsp3) is 0.267. The molecule has 0 aliphatic heterocycles. The number of hydrogen-bond acceptors (Lipinski definition) is 3. The van der Waals surface area contributed by atoms with E-state index in [4.69, 9.17) is 0 Å². The molecule has 2 aromatic rings. The van der Waals surface area contributed by atoms with E-state index in [1.54, 1.807) is 13.0 Å². The van der Waals surface area contributed by atoms with Crippen molar-refractivity contribution < 1.29 is 4.79 Å². The Hall–Kier alpha value is -2.63. The molecule has 2 rings (SSSR count). The molecule has 0 aliphatic rings. The lowest BCUT2D eigenvalue weighted by atomic mass is 10.1. The number of anilines is 1. The molecular formula is C15H17N3O3. The third kappa shape index (κ3) is 3.28. The van der Waals surface area contributed by atoms with Crippen LogP contribution in [0.3, 0.4) is 0 Å². The largest absolute Gasteiger partial charge is 0.328 e. The summed E-state index contributed by atoms with van der Waals surface area (Å²) in [5, 5.41) is 2.77. The van der Waals surface area contributed by atoms with Gasteiger partial charge >= 0.3 is 5.69 Å². The SMILES string of the molecule is Cc1cccc(NC(=O)Cn2cc(C)c(=O)[nH]c2=O)c1C. The number of amides is 1. The number of aryl methyl sites for hydroxylation is 2. The Kier molecular flexibility index (Phi) is 4.07. The summed E-state index contributed by atoms with van der Waals surface area (Å²) in [6.07, 6.45) is 1.38. The maximum Gasteiger partial charge on any atom is 0.328 e. The second-order valence-corrected chi connectivity index (χ2v) is 4.99. The molecule has 2 N–H and O–H groups in total. The van der Waals surface area contributed by atoms with E-state index in [9.17, 15) is 14.4 Å². The Morgan fingerprint density at radius 1 is 1.19 bits per heavy atom. The molecule has 0 radical (unpaired) electrons. The lowest BCUT2D eigenvalue weighted by Crippen LogP contribution is -2.34. The molecule has 1 aromatic carbocycles. The molecule has 1 aromatic heterocycles. The van der Waals surface area contributed by atoms with Crippen LogP contribution >= 0.6 is 0 Å². The Morgan fingerprint density at radius 3 is 2.62 bits per heavy atom. The van der Waals surface area contributed by atoms with Gasteiger partial charge in [-0.1, -0.05) is 12.1 Å². The third-order valence-electron chi connectivity index (χ3n) is 3.38. The molecule has 110 valence electrons. The summed E-state index contributed by atoms with van der Waals surface area (Å²) in [5.74, 6) is -0.322. The molecule has 21 heavy (non-hydrogen) atoms. The molecule has 0 spiro atoms. The van der Waals surface area contributed by atoms with Crippen LogP contribution in [0.2, 0.25) is 0 Å². The summed E-state index contributed by atoms with van der Waals surface area (Å²) in [5.41, 5.74) is 2.12. The summed E-state index contributed by atoms with van der Waals surface area (Å²) in [6, 6.07) is 5.62. The van der Waals surface area contributed by atoms with E-state index in [-0.39, 0.29) is 12.5 Å². The van der Waals surface area contributed by atoms with Crippen LogP contribution in [0.4, 0.5) is 5.69 Å². The standard InChI is InChI=1S/C15H17N3O3/c1-9-5-4-6-12(11(9)3)16-13(19)8-18-7-10(2)14(20)17-15(18)21/h4-7H,8H2,1-3H3,(H,16,19)(H,17,20,21). The van der Waals surface area contributed by atoms with Crippen LogP contribution in [0.1, 0.15) is 16.7 Å². The van der Waals surface area contributed by atoms with E-state index >= 15 is 0 Å². The van der Waals surface area contributed by atoms with Crippen molar-refractivity contribution in [1.82, 2.24) is 9.55 Å². The number of benzene rings is 1. The third-order valence-corrected chi connectivity index (χ3v) is 3.38. The van der Waals surface area contributed by atoms with E-state index in [0.717, 1.165) is 11.1 Å². The predicted octanol–water partition coefficient (Wildman–Crippen LogP) is 1.10. The maximum atomic E-state index is 12.0. The lowest BCUT2D eigenvalue weighted by molar-refractivity contribution is -0.116. The van der Waals surface area contributed by atoms with E-state index in [0.29, 0.717) is 11.3 Å². The summed E-state index contributed by atoms with van der Waals surface area (Å²) >= 11 is 0. The zero-order valence-electron chi connectivity index (χ0n) is 12.2. The first kappa shape index (κ1) is 14.8. The van der Waals surface area contributed by atoms with Crippen LogP contribution in [-0.2, 0) is 11.3 Å². The number of aromatic amines is 1. The maximum absolute atomic E-state index is 12.0. The molecule has 6 nitrogen and oxygen atoms in total. The first-order valence-electron chi connectivity index (χ1n) is 6.55. The van der Waals surface area contributed by atoms with Crippen LogP contribution in [-0.4, -0.2) is 15.5 Å². The second kappa shape index (κ2) is 5.78. The molecule has 6 heteroatoms. The van der Waals surface area contributed by atoms with Crippen LogP contribution in [0, 0.1) is 20.8 Å². The Morgan fingerprint density at radius 2 is 1.90 bits per heavy atom. The summed E-state index contributed by atoms with van der Waals surface area (Å²) in [4.78, 5) is 37.1. The van der Waals surface area contributed by atoms with Crippen molar-refractivity contribution in [2.45, 2.75) is 27.3 Å². The molecule has 1 amide bonds. The van der Waals surface area contributed by atoms with Crippen molar-refractivity contribution in [3.63, 3.8) is 0 Å². The van der Waals surface area contributed by atoms with Gasteiger partial charge in [0.05, 0.1) is 0 Å². The summed E-state index contributed by atoms with van der Waals surface area (Å²) in [6.45, 7) is 5.31. The van der Waals surface area contributed by atoms with E-state index < -0.39 is 11.2 Å². The summed E-state index contributed by atoms with van der Waals surface area (Å²) in [7, 11) is 0. The molecule has 0 saturated heterocycles. The molecule has 0 saturated carbocycles. The van der Waals surface area contributed by atoms with Crippen molar-refractivity contribution in [3.8, 4) is 0 Å². The van der Waals surface area contributed by atoms with Crippen molar-refractivity contribution in [3.05, 3.63) is 61.9 Å². The number of carbonyl (C=O) groups is 1. The first-order valence-corrected chi connectivity index (χ1v) is 6.55. The highest BCUT2D eigenvalue weighted by Gasteiger charge is 2.09. The highest BCUT2D eigenvalue weighted by atomic mass is 16.2. The van der Waals surface area contributed by atoms with Crippen molar-refractivity contribution in [2.24, 2.45) is 0 Å². The van der Waals surface area contributed by atoms with Gasteiger partial charge in [-0.3, -0.25) is 19.1 Å². The van der Waals surface area contributed by atoms with Gasteiger partial charge < -0.3 is 5.32 Å². The van der Waals surface area contributed by atoms with E-state index in [2.05, 4.69) is 10.3 Å². The van der Waals surface area contributed by atoms with Crippen LogP contribution in [0.15, 0.2) is 34.0 Å². The zero-order chi connectivity index (χ0) is 15.6. The van der Waals surface area contributed by atoms with Gasteiger partial charge in [0.2, 0.25) is 5.91 Å². The molecule has 0 fully saturated rings. The summed E-state index contributed by atoms with van der Waals surface area (Å²) < 4.78 is 1.18. The van der Waals surface area contributed by atoms with Gasteiger partial charge in [0.1, 0.15) is 6.54 Å². The van der Waals surface area contributed by atoms with Gasteiger partial charge in [-0.2, -0.15) is 0 Å². The van der Waals surface area contributed by atoms with E-state index in [1.165, 1.54) is 10.8 Å². The quantitative estimate of drug-likeness (QED) is 0.886. The fourth-order valence-electron chi connectivity index (χ4n) is 1.97. The average molecular weight is 287 g/mol. The van der Waals surface area contributed by atoms with Gasteiger partial charge in [-0.25, -0.2) is 4.79 Å². The number of carbonyl (C=O) groups excluding carboxylic acids is 1. The second-order valence-electron chi connectivity index (χ2n) is 4.99. The van der Waals surface area contributed by atoms with Crippen molar-refractivity contribution >= 4 is 11.6 Å². The van der Waals surface area contributed by atoms with Crippen LogP contribution < -0.4 is 16.6 Å². The van der Waals surface area contributed by atoms with Crippen LogP contribution in [0.5, 0.6) is 0 Å². The van der Waals surface area contributed by atoms with Gasteiger partial charge in [0.25, 0.3) is 5.56 Å². The minimum atomic E-state index is -0.596. The van der Waals surface area contributed by atoms with Gasteiger partial charge in [0.15, 0.2) is 0 Å². The molecule has 0 bridgehead atoms. The van der Waals surface area contributed by atoms with Crippen molar-refractivity contribution in [1.29, 1.82) is 0 Å². The smallest absolute Gasteiger partial charge is 0.324 e. The Balaban J connectivity index is 2.19. The number of rotatable bonds is 3. The van der Waals surface area contributed by atoms with Crippen molar-refractivity contribution in [2.75, 3.05) is 5.32 Å². The van der Waals surface area contributed by atoms with Gasteiger partial charge in [-0.15, -0.1) is 0 Å². The predicted molar refractivity (Wildman–Crippen MR) is 80.6 cm³/mol. The number of nitrogens with zero attached hydrogens (tertiary/aromatic N) is 1. The number of H-pyrrole nitrogens is 1. The monoisotopic (exact) mass is 287 g/mol. The van der Waals surface area contributed by atoms with Gasteiger partial charge in [0, 0.05) is 17.4 Å². The minimum Gasteiger partial charge on any atom is -0.324 e. The lowest BCUT2D eigenvalue weighted by Gasteiger charge is -2.11. The van der Waals surface area contributed by atoms with Crippen LogP contribution in [0.25, 0.3) is 0 Å².